The van der Waals surface area contributed by atoms with Crippen molar-refractivity contribution in [3.63, 3.8) is 0 Å². The average molecular weight is 346 g/mol. The van der Waals surface area contributed by atoms with Crippen molar-refractivity contribution in [1.82, 2.24) is 14.4 Å². The highest BCUT2D eigenvalue weighted by molar-refractivity contribution is 6.30. The van der Waals surface area contributed by atoms with Crippen LogP contribution < -0.4 is 10.3 Å². The molecule has 0 atom stereocenters. The number of aromatic nitrogens is 3. The number of fused-ring (bicyclic) bond motifs is 1. The number of halogens is 1. The van der Waals surface area contributed by atoms with E-state index < -0.39 is 5.97 Å². The summed E-state index contributed by atoms with van der Waals surface area (Å²) in [5, 5.41) is 0.428. The summed E-state index contributed by atoms with van der Waals surface area (Å²) in [7, 11) is 1.48. The number of ether oxygens (including phenoxy) is 2. The van der Waals surface area contributed by atoms with E-state index in [1.165, 1.54) is 30.0 Å². The molecule has 0 saturated heterocycles. The Hall–Kier alpha value is -2.93. The molecule has 3 aromatic rings. The first kappa shape index (κ1) is 15.9. The molecule has 0 aliphatic carbocycles. The molecule has 3 rings (SSSR count). The van der Waals surface area contributed by atoms with Gasteiger partial charge in [-0.3, -0.25) is 9.20 Å². The fourth-order valence-electron chi connectivity index (χ4n) is 2.04. The molecule has 0 N–H and O–H groups in total. The van der Waals surface area contributed by atoms with Crippen molar-refractivity contribution < 1.29 is 14.3 Å². The predicted octanol–water partition coefficient (Wildman–Crippen LogP) is 2.11. The van der Waals surface area contributed by atoms with Crippen LogP contribution in [0.25, 0.3) is 5.65 Å². The molecule has 24 heavy (non-hydrogen) atoms. The molecule has 0 aliphatic rings. The van der Waals surface area contributed by atoms with E-state index in [4.69, 9.17) is 21.1 Å². The molecule has 3 heterocycles. The molecule has 0 aromatic carbocycles. The molecule has 0 radical (unpaired) electrons. The molecule has 0 unspecified atom stereocenters. The van der Waals surface area contributed by atoms with Gasteiger partial charge in [-0.15, -0.1) is 0 Å². The number of pyridine rings is 2. The number of nitrogens with zero attached hydrogens (tertiary/aromatic N) is 3. The Balaban J connectivity index is 1.76. The standard InChI is InChI=1S/C16H12ClN3O4/c1-23-14-5-2-10(7-18-14)16(22)24-9-12-6-15(21)20-8-11(17)3-4-13(20)19-12/h2-8H,9H2,1H3. The summed E-state index contributed by atoms with van der Waals surface area (Å²) in [5.41, 5.74) is 0.737. The zero-order chi connectivity index (χ0) is 17.1. The van der Waals surface area contributed by atoms with Gasteiger partial charge >= 0.3 is 5.97 Å². The highest BCUT2D eigenvalue weighted by atomic mass is 35.5. The smallest absolute Gasteiger partial charge is 0.340 e. The van der Waals surface area contributed by atoms with Crippen LogP contribution in [0.5, 0.6) is 5.88 Å². The van der Waals surface area contributed by atoms with Crippen LogP contribution in [0.15, 0.2) is 47.5 Å². The van der Waals surface area contributed by atoms with Crippen LogP contribution in [-0.2, 0) is 11.3 Å². The van der Waals surface area contributed by atoms with Gasteiger partial charge in [-0.05, 0) is 18.2 Å². The molecule has 0 amide bonds. The van der Waals surface area contributed by atoms with Crippen molar-refractivity contribution in [2.24, 2.45) is 0 Å². The molecule has 3 aromatic heterocycles. The maximum atomic E-state index is 12.0. The summed E-state index contributed by atoms with van der Waals surface area (Å²) in [5.74, 6) is -0.169. The second kappa shape index (κ2) is 6.67. The van der Waals surface area contributed by atoms with E-state index in [0.717, 1.165) is 0 Å². The lowest BCUT2D eigenvalue weighted by molar-refractivity contribution is 0.0467. The van der Waals surface area contributed by atoms with Crippen molar-refractivity contribution in [1.29, 1.82) is 0 Å². The molecule has 0 fully saturated rings. The summed E-state index contributed by atoms with van der Waals surface area (Å²) >= 11 is 5.85. The largest absolute Gasteiger partial charge is 0.481 e. The number of carbonyl (C=O) groups excluding carboxylic acids is 1. The zero-order valence-electron chi connectivity index (χ0n) is 12.6. The van der Waals surface area contributed by atoms with Crippen LogP contribution in [0.1, 0.15) is 16.1 Å². The Kier molecular flexibility index (Phi) is 4.43. The summed E-state index contributed by atoms with van der Waals surface area (Å²) in [4.78, 5) is 32.2. The summed E-state index contributed by atoms with van der Waals surface area (Å²) in [6.07, 6.45) is 2.83. The quantitative estimate of drug-likeness (QED) is 0.673. The van der Waals surface area contributed by atoms with Crippen LogP contribution in [0.3, 0.4) is 0 Å². The molecule has 0 saturated carbocycles. The zero-order valence-corrected chi connectivity index (χ0v) is 13.4. The summed E-state index contributed by atoms with van der Waals surface area (Å²) < 4.78 is 11.4. The molecule has 8 heteroatoms. The van der Waals surface area contributed by atoms with Crippen LogP contribution in [0.4, 0.5) is 0 Å². The van der Waals surface area contributed by atoms with Crippen LogP contribution >= 0.6 is 11.6 Å². The Bertz CT molecular complexity index is 954. The van der Waals surface area contributed by atoms with Gasteiger partial charge in [0.15, 0.2) is 0 Å². The van der Waals surface area contributed by atoms with Gasteiger partial charge < -0.3 is 9.47 Å². The average Bonchev–Trinajstić information content (AvgIpc) is 2.60. The molecule has 0 aliphatic heterocycles. The maximum absolute atomic E-state index is 12.0. The molecule has 122 valence electrons. The second-order valence-electron chi connectivity index (χ2n) is 4.83. The number of hydrogen-bond donors (Lipinski definition) is 0. The van der Waals surface area contributed by atoms with E-state index in [2.05, 4.69) is 9.97 Å². The number of carbonyl (C=O) groups is 1. The molecule has 0 bridgehead atoms. The summed E-state index contributed by atoms with van der Waals surface area (Å²) in [6.45, 7) is -0.126. The van der Waals surface area contributed by atoms with E-state index in [1.807, 2.05) is 0 Å². The van der Waals surface area contributed by atoms with Gasteiger partial charge in [0.25, 0.3) is 5.56 Å². The van der Waals surface area contributed by atoms with Crippen molar-refractivity contribution in [3.8, 4) is 5.88 Å². The monoisotopic (exact) mass is 345 g/mol. The minimum atomic E-state index is -0.566. The minimum absolute atomic E-state index is 0.126. The Morgan fingerprint density at radius 1 is 1.29 bits per heavy atom. The first-order valence-corrected chi connectivity index (χ1v) is 7.29. The number of rotatable bonds is 4. The predicted molar refractivity (Wildman–Crippen MR) is 86.4 cm³/mol. The lowest BCUT2D eigenvalue weighted by atomic mass is 10.3. The second-order valence-corrected chi connectivity index (χ2v) is 5.26. The number of esters is 1. The van der Waals surface area contributed by atoms with E-state index in [0.29, 0.717) is 22.2 Å². The lowest BCUT2D eigenvalue weighted by Gasteiger charge is -2.06. The fraction of sp³-hybridized carbons (Fsp3) is 0.125. The van der Waals surface area contributed by atoms with Gasteiger partial charge in [-0.2, -0.15) is 0 Å². The SMILES string of the molecule is COc1ccc(C(=O)OCc2cc(=O)n3cc(Cl)ccc3n2)cn1. The van der Waals surface area contributed by atoms with Gasteiger partial charge in [-0.1, -0.05) is 11.6 Å². The first-order valence-electron chi connectivity index (χ1n) is 6.92. The Morgan fingerprint density at radius 2 is 2.12 bits per heavy atom. The first-order chi connectivity index (χ1) is 11.6. The van der Waals surface area contributed by atoms with Crippen molar-refractivity contribution in [3.05, 3.63) is 69.4 Å². The molecular weight excluding hydrogens is 334 g/mol. The van der Waals surface area contributed by atoms with E-state index in [-0.39, 0.29) is 17.7 Å². The third-order valence-corrected chi connectivity index (χ3v) is 3.43. The van der Waals surface area contributed by atoms with Crippen LogP contribution in [0, 0.1) is 0 Å². The highest BCUT2D eigenvalue weighted by Crippen LogP contribution is 2.10. The number of methoxy groups -OCH3 is 1. The van der Waals surface area contributed by atoms with Crippen molar-refractivity contribution in [2.75, 3.05) is 7.11 Å². The maximum Gasteiger partial charge on any atom is 0.340 e. The fourth-order valence-corrected chi connectivity index (χ4v) is 2.21. The normalized spacial score (nSPS) is 10.6. The van der Waals surface area contributed by atoms with Crippen LogP contribution in [0.2, 0.25) is 5.02 Å². The number of hydrogen-bond acceptors (Lipinski definition) is 6. The van der Waals surface area contributed by atoms with Crippen molar-refractivity contribution in [2.45, 2.75) is 6.61 Å². The Labute approximate surface area is 141 Å². The molecule has 0 spiro atoms. The van der Waals surface area contributed by atoms with Gasteiger partial charge in [-0.25, -0.2) is 14.8 Å². The molecule has 7 nitrogen and oxygen atoms in total. The van der Waals surface area contributed by atoms with Gasteiger partial charge in [0.05, 0.1) is 23.4 Å². The third-order valence-electron chi connectivity index (χ3n) is 3.21. The lowest BCUT2D eigenvalue weighted by Crippen LogP contribution is -2.16. The topological polar surface area (TPSA) is 82.8 Å². The highest BCUT2D eigenvalue weighted by Gasteiger charge is 2.10. The Morgan fingerprint density at radius 3 is 2.83 bits per heavy atom. The van der Waals surface area contributed by atoms with Gasteiger partial charge in [0.1, 0.15) is 12.3 Å². The van der Waals surface area contributed by atoms with Gasteiger partial charge in [0.2, 0.25) is 5.88 Å². The summed E-state index contributed by atoms with van der Waals surface area (Å²) in [6, 6.07) is 7.63. The van der Waals surface area contributed by atoms with E-state index in [1.54, 1.807) is 24.3 Å². The van der Waals surface area contributed by atoms with Crippen molar-refractivity contribution >= 4 is 23.2 Å². The van der Waals surface area contributed by atoms with Gasteiger partial charge in [0, 0.05) is 24.5 Å². The van der Waals surface area contributed by atoms with E-state index >= 15 is 0 Å². The molecular formula is C16H12ClN3O4. The minimum Gasteiger partial charge on any atom is -0.481 e. The van der Waals surface area contributed by atoms with Crippen LogP contribution in [-0.4, -0.2) is 27.4 Å². The third kappa shape index (κ3) is 3.36. The van der Waals surface area contributed by atoms with E-state index in [9.17, 15) is 9.59 Å².